The monoisotopic (exact) mass is 516 g/mol. The number of halogens is 6. The van der Waals surface area contributed by atoms with Gasteiger partial charge in [-0.05, 0) is 84.0 Å². The van der Waals surface area contributed by atoms with Crippen LogP contribution in [0.15, 0.2) is 66.7 Å². The van der Waals surface area contributed by atoms with Crippen molar-refractivity contribution in [3.63, 3.8) is 0 Å². The van der Waals surface area contributed by atoms with Crippen LogP contribution in [0.1, 0.15) is 41.2 Å². The van der Waals surface area contributed by atoms with Crippen LogP contribution in [0.25, 0.3) is 10.8 Å². The van der Waals surface area contributed by atoms with Gasteiger partial charge in [-0.25, -0.2) is 13.2 Å². The number of aryl methyl sites for hydroxylation is 4. The number of alkyl halides is 3. The molecule has 0 atom stereocenters. The molecule has 0 aliphatic rings. The van der Waals surface area contributed by atoms with Crippen molar-refractivity contribution in [3.8, 4) is 5.75 Å². The third kappa shape index (κ3) is 6.45. The Morgan fingerprint density at radius 1 is 0.676 bits per heavy atom. The molecule has 0 saturated heterocycles. The zero-order valence-electron chi connectivity index (χ0n) is 20.3. The van der Waals surface area contributed by atoms with Crippen molar-refractivity contribution in [1.82, 2.24) is 0 Å². The van der Waals surface area contributed by atoms with Crippen molar-refractivity contribution in [2.45, 2.75) is 45.2 Å². The topological polar surface area (TPSA) is 9.23 Å². The van der Waals surface area contributed by atoms with E-state index >= 15 is 4.39 Å². The van der Waals surface area contributed by atoms with E-state index in [1.165, 1.54) is 5.56 Å². The van der Waals surface area contributed by atoms with Crippen molar-refractivity contribution in [1.29, 1.82) is 0 Å². The lowest BCUT2D eigenvalue weighted by molar-refractivity contribution is -0.142. The SMILES string of the molecule is CCCOc1ccc(CCc2ccc3c(F)c(CCc4cc(F)c(C(F)(F)F)c(F)c4)ccc3c2)cc1. The number of rotatable bonds is 9. The molecule has 4 aromatic carbocycles. The zero-order valence-corrected chi connectivity index (χ0v) is 20.3. The molecular formula is C30H26F6O. The van der Waals surface area contributed by atoms with Gasteiger partial charge < -0.3 is 4.74 Å². The van der Waals surface area contributed by atoms with Crippen molar-refractivity contribution < 1.29 is 31.1 Å². The summed E-state index contributed by atoms with van der Waals surface area (Å²) in [4.78, 5) is 0. The van der Waals surface area contributed by atoms with Crippen molar-refractivity contribution >= 4 is 10.8 Å². The van der Waals surface area contributed by atoms with Crippen molar-refractivity contribution in [3.05, 3.63) is 112 Å². The Balaban J connectivity index is 1.42. The molecule has 4 aromatic rings. The number of ether oxygens (including phenoxy) is 1. The molecule has 0 saturated carbocycles. The van der Waals surface area contributed by atoms with Crippen LogP contribution >= 0.6 is 0 Å². The molecule has 0 aromatic heterocycles. The lowest BCUT2D eigenvalue weighted by Crippen LogP contribution is -2.12. The first-order valence-electron chi connectivity index (χ1n) is 12.1. The van der Waals surface area contributed by atoms with Gasteiger partial charge in [-0.3, -0.25) is 0 Å². The van der Waals surface area contributed by atoms with Crippen LogP contribution in [-0.2, 0) is 31.9 Å². The molecule has 7 heteroatoms. The minimum absolute atomic E-state index is 0.00520. The van der Waals surface area contributed by atoms with Gasteiger partial charge in [0.2, 0.25) is 0 Å². The Kier molecular flexibility index (Phi) is 8.10. The largest absolute Gasteiger partial charge is 0.494 e. The van der Waals surface area contributed by atoms with Gasteiger partial charge in [0.1, 0.15) is 28.8 Å². The summed E-state index contributed by atoms with van der Waals surface area (Å²) in [5, 5.41) is 1.15. The highest BCUT2D eigenvalue weighted by molar-refractivity contribution is 5.84. The minimum atomic E-state index is -5.12. The molecule has 0 radical (unpaired) electrons. The fourth-order valence-electron chi connectivity index (χ4n) is 4.32. The van der Waals surface area contributed by atoms with E-state index in [1.54, 1.807) is 18.2 Å². The third-order valence-corrected chi connectivity index (χ3v) is 6.27. The Labute approximate surface area is 211 Å². The average molecular weight is 517 g/mol. The van der Waals surface area contributed by atoms with Crippen LogP contribution in [0.2, 0.25) is 0 Å². The molecule has 0 fully saturated rings. The standard InChI is InChI=1S/C30H26F6O/c1-2-15-37-24-12-6-19(7-13-24)3-4-20-8-14-25-23(16-20)11-10-22(29(25)33)9-5-21-17-26(31)28(27(32)18-21)30(34,35)36/h6-8,10-14,16-18H,2-5,9,15H2,1H3. The molecule has 0 aliphatic carbocycles. The van der Waals surface area contributed by atoms with Crippen LogP contribution in [-0.4, -0.2) is 6.61 Å². The quantitative estimate of drug-likeness (QED) is 0.202. The lowest BCUT2D eigenvalue weighted by Gasteiger charge is -2.12. The van der Waals surface area contributed by atoms with Crippen molar-refractivity contribution in [2.24, 2.45) is 0 Å². The summed E-state index contributed by atoms with van der Waals surface area (Å²) < 4.78 is 86.8. The van der Waals surface area contributed by atoms with Gasteiger partial charge in [0.25, 0.3) is 0 Å². The third-order valence-electron chi connectivity index (χ3n) is 6.27. The first kappa shape index (κ1) is 26.6. The summed E-state index contributed by atoms with van der Waals surface area (Å²) in [6.45, 7) is 2.74. The van der Waals surface area contributed by atoms with Crippen molar-refractivity contribution in [2.75, 3.05) is 6.61 Å². The molecule has 0 spiro atoms. The Hall–Kier alpha value is -3.48. The van der Waals surface area contributed by atoms with Gasteiger partial charge in [0.05, 0.1) is 6.61 Å². The molecule has 1 nitrogen and oxygen atoms in total. The highest BCUT2D eigenvalue weighted by atomic mass is 19.4. The van der Waals surface area contributed by atoms with Crippen LogP contribution < -0.4 is 4.74 Å². The molecule has 0 unspecified atom stereocenters. The second-order valence-electron chi connectivity index (χ2n) is 9.02. The zero-order chi connectivity index (χ0) is 26.6. The van der Waals surface area contributed by atoms with Crippen LogP contribution in [0.4, 0.5) is 26.3 Å². The number of hydrogen-bond donors (Lipinski definition) is 0. The lowest BCUT2D eigenvalue weighted by atomic mass is 9.97. The predicted octanol–water partition coefficient (Wildman–Crippen LogP) is 8.64. The Bertz CT molecular complexity index is 1350. The van der Waals surface area contributed by atoms with Crippen LogP contribution in [0.3, 0.4) is 0 Å². The fourth-order valence-corrected chi connectivity index (χ4v) is 4.32. The molecular weight excluding hydrogens is 490 g/mol. The van der Waals surface area contributed by atoms with Crippen LogP contribution in [0.5, 0.6) is 5.75 Å². The number of fused-ring (bicyclic) bond motifs is 1. The summed E-state index contributed by atoms with van der Waals surface area (Å²) in [6.07, 6.45) is -2.49. The van der Waals surface area contributed by atoms with Gasteiger partial charge in [0.15, 0.2) is 0 Å². The number of hydrogen-bond acceptors (Lipinski definition) is 1. The normalized spacial score (nSPS) is 11.8. The first-order chi connectivity index (χ1) is 17.7. The number of benzene rings is 4. The van der Waals surface area contributed by atoms with E-state index in [2.05, 4.69) is 6.92 Å². The maximum atomic E-state index is 15.2. The van der Waals surface area contributed by atoms with Gasteiger partial charge in [-0.2, -0.15) is 13.2 Å². The second kappa shape index (κ2) is 11.3. The van der Waals surface area contributed by atoms with E-state index in [-0.39, 0.29) is 18.4 Å². The minimum Gasteiger partial charge on any atom is -0.494 e. The summed E-state index contributed by atoms with van der Waals surface area (Å²) in [5.41, 5.74) is 0.666. The van der Waals surface area contributed by atoms with Gasteiger partial charge in [0, 0.05) is 5.39 Å². The molecule has 0 heterocycles. The Morgan fingerprint density at radius 3 is 1.95 bits per heavy atom. The van der Waals surface area contributed by atoms with Gasteiger partial charge >= 0.3 is 6.18 Å². The highest BCUT2D eigenvalue weighted by Crippen LogP contribution is 2.34. The maximum absolute atomic E-state index is 15.2. The van der Waals surface area contributed by atoms with E-state index in [1.807, 2.05) is 36.4 Å². The fraction of sp³-hybridized carbons (Fsp3) is 0.267. The smallest absolute Gasteiger partial charge is 0.422 e. The molecule has 4 rings (SSSR count). The van der Waals surface area contributed by atoms with E-state index < -0.39 is 29.2 Å². The van der Waals surface area contributed by atoms with Crippen LogP contribution in [0, 0.1) is 17.5 Å². The predicted molar refractivity (Wildman–Crippen MR) is 132 cm³/mol. The molecule has 0 N–H and O–H groups in total. The molecule has 37 heavy (non-hydrogen) atoms. The molecule has 0 bridgehead atoms. The average Bonchev–Trinajstić information content (AvgIpc) is 2.85. The molecule has 0 aliphatic heterocycles. The van der Waals surface area contributed by atoms with E-state index in [0.29, 0.717) is 29.7 Å². The summed E-state index contributed by atoms with van der Waals surface area (Å²) in [7, 11) is 0. The van der Waals surface area contributed by atoms with E-state index in [0.717, 1.165) is 36.0 Å². The molecule has 0 amide bonds. The maximum Gasteiger partial charge on any atom is 0.422 e. The summed E-state index contributed by atoms with van der Waals surface area (Å²) >= 11 is 0. The first-order valence-corrected chi connectivity index (χ1v) is 12.1. The second-order valence-corrected chi connectivity index (χ2v) is 9.02. The summed E-state index contributed by atoms with van der Waals surface area (Å²) in [5.74, 6) is -2.94. The van der Waals surface area contributed by atoms with Gasteiger partial charge in [-0.1, -0.05) is 49.4 Å². The highest BCUT2D eigenvalue weighted by Gasteiger charge is 2.37. The molecule has 194 valence electrons. The summed E-state index contributed by atoms with van der Waals surface area (Å²) in [6, 6.07) is 18.2. The van der Waals surface area contributed by atoms with Gasteiger partial charge in [-0.15, -0.1) is 0 Å². The van der Waals surface area contributed by atoms with E-state index in [4.69, 9.17) is 4.74 Å². The Morgan fingerprint density at radius 2 is 1.30 bits per heavy atom. The van der Waals surface area contributed by atoms with E-state index in [9.17, 15) is 22.0 Å².